The quantitative estimate of drug-likeness (QED) is 0.734. The number of ether oxygens (including phenoxy) is 1. The lowest BCUT2D eigenvalue weighted by Crippen LogP contribution is -2.83. The number of fused-ring (bicyclic) bond motifs is 1. The van der Waals surface area contributed by atoms with Crippen LogP contribution in [-0.4, -0.2) is 85.5 Å². The molecule has 6 aliphatic heterocycles. The molecule has 5 saturated heterocycles. The van der Waals surface area contributed by atoms with Crippen molar-refractivity contribution < 1.29 is 14.3 Å². The number of amides is 1. The second-order valence-corrected chi connectivity index (χ2v) is 9.96. The van der Waals surface area contributed by atoms with Crippen LogP contribution >= 0.6 is 0 Å². The van der Waals surface area contributed by atoms with Crippen LogP contribution in [0.25, 0.3) is 0 Å². The summed E-state index contributed by atoms with van der Waals surface area (Å²) in [4.78, 5) is 36.1. The van der Waals surface area contributed by atoms with Gasteiger partial charge in [-0.05, 0) is 6.07 Å². The Kier molecular flexibility index (Phi) is 3.52. The summed E-state index contributed by atoms with van der Waals surface area (Å²) in [5, 5.41) is 0. The number of piperidine rings is 2. The monoisotopic (exact) mass is 396 g/mol. The van der Waals surface area contributed by atoms with Crippen LogP contribution in [0.4, 0.5) is 5.69 Å². The second-order valence-electron chi connectivity index (χ2n) is 9.96. The molecule has 1 aromatic rings. The molecule has 29 heavy (non-hydrogen) atoms. The third-order valence-electron chi connectivity index (χ3n) is 7.73. The molecule has 6 aliphatic rings. The summed E-state index contributed by atoms with van der Waals surface area (Å²) in [5.41, 5.74) is 0.560. The number of morpholine rings is 1. The largest absolute Gasteiger partial charge is 0.379 e. The molecule has 7 nitrogen and oxygen atoms in total. The van der Waals surface area contributed by atoms with E-state index in [1.165, 1.54) is 0 Å². The van der Waals surface area contributed by atoms with Crippen molar-refractivity contribution in [2.75, 3.05) is 64.1 Å². The van der Waals surface area contributed by atoms with Crippen molar-refractivity contribution in [3.63, 3.8) is 0 Å². The zero-order chi connectivity index (χ0) is 20.0. The fourth-order valence-corrected chi connectivity index (χ4v) is 6.68. The first-order chi connectivity index (χ1) is 13.9. The van der Waals surface area contributed by atoms with Gasteiger partial charge in [0.2, 0.25) is 0 Å². The highest BCUT2D eigenvalue weighted by Crippen LogP contribution is 2.58. The summed E-state index contributed by atoms with van der Waals surface area (Å²) >= 11 is 0. The van der Waals surface area contributed by atoms with E-state index in [4.69, 9.17) is 4.74 Å². The first-order valence-corrected chi connectivity index (χ1v) is 10.7. The second kappa shape index (κ2) is 5.66. The molecule has 0 unspecified atom stereocenters. The zero-order valence-electron chi connectivity index (χ0n) is 17.2. The van der Waals surface area contributed by atoms with Gasteiger partial charge in [0.25, 0.3) is 5.91 Å². The van der Waals surface area contributed by atoms with Crippen LogP contribution in [0.2, 0.25) is 0 Å². The number of anilines is 1. The maximum atomic E-state index is 14.1. The van der Waals surface area contributed by atoms with Crippen LogP contribution in [-0.2, 0) is 20.0 Å². The van der Waals surface area contributed by atoms with Crippen molar-refractivity contribution in [3.8, 4) is 0 Å². The lowest BCUT2D eigenvalue weighted by Gasteiger charge is -2.68. The fraction of sp³-hybridized carbons (Fsp3) is 0.636. The molecule has 7 heteroatoms. The first-order valence-electron chi connectivity index (χ1n) is 10.7. The Labute approximate surface area is 171 Å². The smallest absolute Gasteiger partial charge is 0.268 e. The molecule has 6 heterocycles. The molecule has 1 aromatic carbocycles. The molecule has 5 fully saturated rings. The number of rotatable bonds is 2. The van der Waals surface area contributed by atoms with Gasteiger partial charge in [0.15, 0.2) is 5.66 Å². The maximum absolute atomic E-state index is 14.1. The summed E-state index contributed by atoms with van der Waals surface area (Å²) in [7, 11) is 0. The van der Waals surface area contributed by atoms with Gasteiger partial charge < -0.3 is 4.74 Å². The molecule has 4 bridgehead atoms. The molecule has 0 aliphatic carbocycles. The molecule has 0 atom stereocenters. The van der Waals surface area contributed by atoms with E-state index in [1.807, 2.05) is 17.0 Å². The van der Waals surface area contributed by atoms with Crippen molar-refractivity contribution in [2.24, 2.45) is 10.8 Å². The number of benzene rings is 1. The highest BCUT2D eigenvalue weighted by molar-refractivity contribution is 6.08. The Morgan fingerprint density at radius 3 is 2.14 bits per heavy atom. The van der Waals surface area contributed by atoms with Gasteiger partial charge in [-0.2, -0.15) is 0 Å². The van der Waals surface area contributed by atoms with Crippen molar-refractivity contribution in [2.45, 2.75) is 19.5 Å². The van der Waals surface area contributed by atoms with E-state index in [0.717, 1.165) is 24.3 Å². The van der Waals surface area contributed by atoms with Crippen LogP contribution in [0, 0.1) is 10.8 Å². The summed E-state index contributed by atoms with van der Waals surface area (Å²) in [6.45, 7) is 10.5. The van der Waals surface area contributed by atoms with E-state index in [1.54, 1.807) is 0 Å². The van der Waals surface area contributed by atoms with Crippen molar-refractivity contribution in [3.05, 3.63) is 29.8 Å². The fourth-order valence-electron chi connectivity index (χ4n) is 6.68. The molecule has 1 spiro atoms. The summed E-state index contributed by atoms with van der Waals surface area (Å²) in [6, 6.07) is 8.24. The number of hydrogen-bond acceptors (Lipinski definition) is 6. The van der Waals surface area contributed by atoms with Gasteiger partial charge in [0.05, 0.1) is 36.4 Å². The summed E-state index contributed by atoms with van der Waals surface area (Å²) < 4.78 is 5.49. The number of ketones is 1. The highest BCUT2D eigenvalue weighted by Gasteiger charge is 2.72. The Hall–Kier alpha value is -1.80. The molecular formula is C22H28N4O3. The number of carbonyl (C=O) groups is 2. The standard InChI is InChI=1S/C22H28N4O3/c1-20-11-24-13-21(2,18(20)27)14-25(12-20)22(24)16-5-3-4-6-17(16)26(19(22)28)15-23-7-9-29-10-8-23/h3-6H,7-15H2,1-2H3. The van der Waals surface area contributed by atoms with Crippen LogP contribution in [0.15, 0.2) is 24.3 Å². The van der Waals surface area contributed by atoms with Gasteiger partial charge in [-0.25, -0.2) is 0 Å². The van der Waals surface area contributed by atoms with Crippen molar-refractivity contribution >= 4 is 17.4 Å². The molecule has 0 N–H and O–H groups in total. The van der Waals surface area contributed by atoms with Crippen LogP contribution in [0.5, 0.6) is 0 Å². The van der Waals surface area contributed by atoms with Gasteiger partial charge >= 0.3 is 0 Å². The Morgan fingerprint density at radius 1 is 0.931 bits per heavy atom. The van der Waals surface area contributed by atoms with Crippen molar-refractivity contribution in [1.29, 1.82) is 0 Å². The van der Waals surface area contributed by atoms with Gasteiger partial charge in [-0.1, -0.05) is 32.0 Å². The minimum Gasteiger partial charge on any atom is -0.379 e. The topological polar surface area (TPSA) is 56.3 Å². The predicted molar refractivity (Wildman–Crippen MR) is 107 cm³/mol. The Morgan fingerprint density at radius 2 is 1.52 bits per heavy atom. The number of Topliss-reactive ketones (excluding diaryl/α,β-unsaturated/α-hetero) is 1. The molecule has 0 aromatic heterocycles. The normalized spacial score (nSPS) is 43.4. The van der Waals surface area contributed by atoms with E-state index in [0.29, 0.717) is 51.8 Å². The van der Waals surface area contributed by atoms with E-state index < -0.39 is 5.66 Å². The first kappa shape index (κ1) is 18.0. The van der Waals surface area contributed by atoms with Gasteiger partial charge in [0.1, 0.15) is 5.78 Å². The SMILES string of the molecule is CC12CN3CC(C)(CN(C1)C31C(=O)N(CN3CCOCC3)c3ccccc31)C2=O. The zero-order valence-corrected chi connectivity index (χ0v) is 17.2. The minimum atomic E-state index is -0.761. The van der Waals surface area contributed by atoms with Gasteiger partial charge in [-0.3, -0.25) is 29.2 Å². The lowest BCUT2D eigenvalue weighted by atomic mass is 9.60. The van der Waals surface area contributed by atoms with Gasteiger partial charge in [-0.15, -0.1) is 0 Å². The number of hydrogen-bond donors (Lipinski definition) is 0. The maximum Gasteiger partial charge on any atom is 0.268 e. The third-order valence-corrected chi connectivity index (χ3v) is 7.73. The summed E-state index contributed by atoms with van der Waals surface area (Å²) in [5.74, 6) is 0.514. The van der Waals surface area contributed by atoms with Crippen LogP contribution in [0.1, 0.15) is 19.4 Å². The van der Waals surface area contributed by atoms with Crippen LogP contribution in [0.3, 0.4) is 0 Å². The molecule has 1 amide bonds. The average Bonchev–Trinajstić information content (AvgIpc) is 2.93. The Bertz CT molecular complexity index is 869. The summed E-state index contributed by atoms with van der Waals surface area (Å²) in [6.07, 6.45) is 0. The average molecular weight is 396 g/mol. The molecular weight excluding hydrogens is 368 g/mol. The van der Waals surface area contributed by atoms with Gasteiger partial charge in [0, 0.05) is 44.8 Å². The number of para-hydroxylation sites is 1. The van der Waals surface area contributed by atoms with E-state index in [9.17, 15) is 9.59 Å². The highest BCUT2D eigenvalue weighted by atomic mass is 16.5. The molecule has 154 valence electrons. The van der Waals surface area contributed by atoms with Crippen LogP contribution < -0.4 is 4.90 Å². The lowest BCUT2D eigenvalue weighted by molar-refractivity contribution is -0.228. The molecule has 7 rings (SSSR count). The predicted octanol–water partition coefficient (Wildman–Crippen LogP) is 0.702. The van der Waals surface area contributed by atoms with E-state index in [-0.39, 0.29) is 16.7 Å². The minimum absolute atomic E-state index is 0.142. The number of carbonyl (C=O) groups excluding carboxylic acids is 2. The Balaban J connectivity index is 1.44. The third kappa shape index (κ3) is 2.11. The van der Waals surface area contributed by atoms with E-state index in [2.05, 4.69) is 40.7 Å². The molecule has 0 saturated carbocycles. The van der Waals surface area contributed by atoms with Crippen molar-refractivity contribution in [1.82, 2.24) is 14.7 Å². The van der Waals surface area contributed by atoms with E-state index >= 15 is 0 Å². The number of nitrogens with zero attached hydrogens (tertiary/aromatic N) is 4. The molecule has 0 radical (unpaired) electrons.